The second-order valence-corrected chi connectivity index (χ2v) is 3.93. The van der Waals surface area contributed by atoms with E-state index in [-0.39, 0.29) is 13.1 Å². The minimum atomic E-state index is -0.468. The summed E-state index contributed by atoms with van der Waals surface area (Å²) in [5.74, 6) is -0.470. The Hall–Kier alpha value is -2.64. The maximum Gasteiger partial charge on any atom is 0.325 e. The largest absolute Gasteiger partial charge is 0.468 e. The van der Waals surface area contributed by atoms with Crippen LogP contribution in [0, 0.1) is 0 Å². The Labute approximate surface area is 114 Å². The molecule has 0 bridgehead atoms. The second-order valence-electron chi connectivity index (χ2n) is 3.93. The first-order chi connectivity index (χ1) is 9.63. The lowest BCUT2D eigenvalue weighted by Crippen LogP contribution is -2.36. The third-order valence-corrected chi connectivity index (χ3v) is 2.66. The Morgan fingerprint density at radius 3 is 2.45 bits per heavy atom. The van der Waals surface area contributed by atoms with Crippen LogP contribution in [0.4, 0.5) is 5.82 Å². The molecule has 0 aliphatic heterocycles. The third kappa shape index (κ3) is 3.02. The zero-order valence-electron chi connectivity index (χ0n) is 11.1. The molecule has 0 atom stereocenters. The maximum atomic E-state index is 11.4. The SMILES string of the molecule is COC(=O)CN(CC(=O)OC)c1ccn2nccc2n1. The van der Waals surface area contributed by atoms with Gasteiger partial charge in [-0.15, -0.1) is 0 Å². The van der Waals surface area contributed by atoms with Crippen LogP contribution in [0.2, 0.25) is 0 Å². The van der Waals surface area contributed by atoms with Gasteiger partial charge in [0.2, 0.25) is 0 Å². The number of carbonyl (C=O) groups excluding carboxylic acids is 2. The van der Waals surface area contributed by atoms with E-state index in [0.29, 0.717) is 11.5 Å². The first kappa shape index (κ1) is 13.8. The van der Waals surface area contributed by atoms with E-state index < -0.39 is 11.9 Å². The summed E-state index contributed by atoms with van der Waals surface area (Å²) in [4.78, 5) is 28.6. The first-order valence-electron chi connectivity index (χ1n) is 5.83. The first-order valence-corrected chi connectivity index (χ1v) is 5.83. The number of anilines is 1. The lowest BCUT2D eigenvalue weighted by molar-refractivity contribution is -0.140. The lowest BCUT2D eigenvalue weighted by atomic mass is 10.4. The van der Waals surface area contributed by atoms with Crippen molar-refractivity contribution < 1.29 is 19.1 Å². The quantitative estimate of drug-likeness (QED) is 0.705. The third-order valence-electron chi connectivity index (χ3n) is 2.66. The summed E-state index contributed by atoms with van der Waals surface area (Å²) in [6.45, 7) is -0.189. The van der Waals surface area contributed by atoms with Crippen molar-refractivity contribution in [1.29, 1.82) is 0 Å². The summed E-state index contributed by atoms with van der Waals surface area (Å²) < 4.78 is 10.8. The van der Waals surface area contributed by atoms with Crippen LogP contribution in [0.1, 0.15) is 0 Å². The van der Waals surface area contributed by atoms with Gasteiger partial charge in [0, 0.05) is 12.3 Å². The average Bonchev–Trinajstić information content (AvgIpc) is 2.93. The van der Waals surface area contributed by atoms with Crippen LogP contribution < -0.4 is 4.90 Å². The lowest BCUT2D eigenvalue weighted by Gasteiger charge is -2.20. The van der Waals surface area contributed by atoms with Gasteiger partial charge in [0.15, 0.2) is 5.65 Å². The van der Waals surface area contributed by atoms with Crippen LogP contribution in [0.5, 0.6) is 0 Å². The topological polar surface area (TPSA) is 86.0 Å². The Morgan fingerprint density at radius 1 is 1.20 bits per heavy atom. The van der Waals surface area contributed by atoms with E-state index in [2.05, 4.69) is 19.6 Å². The van der Waals surface area contributed by atoms with Crippen molar-refractivity contribution in [1.82, 2.24) is 14.6 Å². The number of aromatic nitrogens is 3. The molecule has 2 rings (SSSR count). The fourth-order valence-electron chi connectivity index (χ4n) is 1.64. The van der Waals surface area contributed by atoms with E-state index >= 15 is 0 Å². The van der Waals surface area contributed by atoms with Crippen LogP contribution in [0.3, 0.4) is 0 Å². The molecule has 0 saturated heterocycles. The Kier molecular flexibility index (Phi) is 4.14. The molecule has 2 heterocycles. The summed E-state index contributed by atoms with van der Waals surface area (Å²) in [6, 6.07) is 3.38. The van der Waals surface area contributed by atoms with E-state index in [1.165, 1.54) is 19.1 Å². The molecule has 0 N–H and O–H groups in total. The smallest absolute Gasteiger partial charge is 0.325 e. The van der Waals surface area contributed by atoms with E-state index in [1.54, 1.807) is 29.0 Å². The van der Waals surface area contributed by atoms with Crippen molar-refractivity contribution in [2.45, 2.75) is 0 Å². The number of methoxy groups -OCH3 is 2. The molecule has 2 aromatic rings. The number of ether oxygens (including phenoxy) is 2. The van der Waals surface area contributed by atoms with Crippen molar-refractivity contribution in [2.24, 2.45) is 0 Å². The molecule has 0 unspecified atom stereocenters. The zero-order valence-corrected chi connectivity index (χ0v) is 11.1. The van der Waals surface area contributed by atoms with E-state index in [9.17, 15) is 9.59 Å². The van der Waals surface area contributed by atoms with Gasteiger partial charge in [-0.2, -0.15) is 5.10 Å². The molecule has 20 heavy (non-hydrogen) atoms. The Balaban J connectivity index is 2.27. The number of hydrogen-bond acceptors (Lipinski definition) is 7. The van der Waals surface area contributed by atoms with Gasteiger partial charge < -0.3 is 14.4 Å². The standard InChI is InChI=1S/C12H14N4O4/c1-19-11(17)7-15(8-12(18)20-2)9-4-6-16-10(14-9)3-5-13-16/h3-6H,7-8H2,1-2H3. The predicted octanol–water partition coefficient (Wildman–Crippen LogP) is -0.118. The number of nitrogens with zero attached hydrogens (tertiary/aromatic N) is 4. The highest BCUT2D eigenvalue weighted by atomic mass is 16.5. The van der Waals surface area contributed by atoms with Crippen LogP contribution in [-0.2, 0) is 19.1 Å². The number of rotatable bonds is 5. The fourth-order valence-corrected chi connectivity index (χ4v) is 1.64. The molecule has 8 heteroatoms. The molecular weight excluding hydrogens is 264 g/mol. The molecule has 0 radical (unpaired) electrons. The van der Waals surface area contributed by atoms with Crippen LogP contribution in [0.25, 0.3) is 5.65 Å². The molecule has 0 aromatic carbocycles. The van der Waals surface area contributed by atoms with Crippen molar-refractivity contribution in [2.75, 3.05) is 32.2 Å². The molecule has 106 valence electrons. The van der Waals surface area contributed by atoms with Gasteiger partial charge in [-0.3, -0.25) is 9.59 Å². The number of esters is 2. The van der Waals surface area contributed by atoms with Gasteiger partial charge in [0.1, 0.15) is 18.9 Å². The number of hydrogen-bond donors (Lipinski definition) is 0. The van der Waals surface area contributed by atoms with Gasteiger partial charge in [-0.1, -0.05) is 0 Å². The average molecular weight is 278 g/mol. The summed E-state index contributed by atoms with van der Waals surface area (Å²) in [5, 5.41) is 4.03. The second kappa shape index (κ2) is 6.00. The molecule has 8 nitrogen and oxygen atoms in total. The van der Waals surface area contributed by atoms with Crippen LogP contribution in [0.15, 0.2) is 24.5 Å². The number of carbonyl (C=O) groups is 2. The summed E-state index contributed by atoms with van der Waals surface area (Å²) >= 11 is 0. The molecule has 0 amide bonds. The van der Waals surface area contributed by atoms with Gasteiger partial charge in [0.05, 0.1) is 20.4 Å². The van der Waals surface area contributed by atoms with Crippen LogP contribution in [-0.4, -0.2) is 53.8 Å². The minimum Gasteiger partial charge on any atom is -0.468 e. The van der Waals surface area contributed by atoms with Crippen LogP contribution >= 0.6 is 0 Å². The van der Waals surface area contributed by atoms with E-state index in [1.807, 2.05) is 0 Å². The summed E-state index contributed by atoms with van der Waals surface area (Å²) in [5.41, 5.74) is 0.613. The maximum absolute atomic E-state index is 11.4. The molecule has 0 aliphatic carbocycles. The highest BCUT2D eigenvalue weighted by Crippen LogP contribution is 2.12. The van der Waals surface area contributed by atoms with Crippen molar-refractivity contribution in [3.05, 3.63) is 24.5 Å². The van der Waals surface area contributed by atoms with Gasteiger partial charge in [0.25, 0.3) is 0 Å². The zero-order chi connectivity index (χ0) is 14.5. The summed E-state index contributed by atoms with van der Waals surface area (Å²) in [6.07, 6.45) is 3.30. The summed E-state index contributed by atoms with van der Waals surface area (Å²) in [7, 11) is 2.57. The van der Waals surface area contributed by atoms with E-state index in [4.69, 9.17) is 0 Å². The molecule has 0 fully saturated rings. The molecule has 0 spiro atoms. The monoisotopic (exact) mass is 278 g/mol. The van der Waals surface area contributed by atoms with E-state index in [0.717, 1.165) is 0 Å². The van der Waals surface area contributed by atoms with Crippen molar-refractivity contribution in [3.8, 4) is 0 Å². The van der Waals surface area contributed by atoms with Crippen molar-refractivity contribution in [3.63, 3.8) is 0 Å². The molecule has 0 saturated carbocycles. The fraction of sp³-hybridized carbons (Fsp3) is 0.333. The number of fused-ring (bicyclic) bond motifs is 1. The molecule has 2 aromatic heterocycles. The minimum absolute atomic E-state index is 0.0943. The Bertz CT molecular complexity index is 607. The highest BCUT2D eigenvalue weighted by Gasteiger charge is 2.17. The van der Waals surface area contributed by atoms with Gasteiger partial charge >= 0.3 is 11.9 Å². The normalized spacial score (nSPS) is 10.3. The molecule has 0 aliphatic rings. The highest BCUT2D eigenvalue weighted by molar-refractivity contribution is 5.80. The van der Waals surface area contributed by atoms with Gasteiger partial charge in [-0.05, 0) is 6.07 Å². The molecular formula is C12H14N4O4. The Morgan fingerprint density at radius 2 is 1.85 bits per heavy atom. The van der Waals surface area contributed by atoms with Gasteiger partial charge in [-0.25, -0.2) is 9.50 Å². The predicted molar refractivity (Wildman–Crippen MR) is 69.2 cm³/mol. The van der Waals surface area contributed by atoms with Crippen molar-refractivity contribution >= 4 is 23.4 Å².